The summed E-state index contributed by atoms with van der Waals surface area (Å²) in [5, 5.41) is 9.69. The van der Waals surface area contributed by atoms with Crippen molar-refractivity contribution in [3.05, 3.63) is 11.8 Å². The lowest BCUT2D eigenvalue weighted by Crippen LogP contribution is -2.45. The molecule has 0 saturated carbocycles. The van der Waals surface area contributed by atoms with Gasteiger partial charge in [-0.1, -0.05) is 6.92 Å². The number of likely N-dealkylation sites (tertiary alicyclic amines) is 1. The summed E-state index contributed by atoms with van der Waals surface area (Å²) in [5.41, 5.74) is 0.676. The van der Waals surface area contributed by atoms with Gasteiger partial charge < -0.3 is 10.2 Å². The molecule has 7 nitrogen and oxygen atoms in total. The van der Waals surface area contributed by atoms with E-state index in [9.17, 15) is 8.42 Å². The lowest BCUT2D eigenvalue weighted by atomic mass is 10.1. The summed E-state index contributed by atoms with van der Waals surface area (Å²) in [6.07, 6.45) is 3.31. The molecule has 0 amide bonds. The minimum atomic E-state index is -3.52. The van der Waals surface area contributed by atoms with Crippen LogP contribution in [0.25, 0.3) is 0 Å². The van der Waals surface area contributed by atoms with Gasteiger partial charge in [0.05, 0.1) is 6.20 Å². The van der Waals surface area contributed by atoms with E-state index in [0.29, 0.717) is 12.1 Å². The van der Waals surface area contributed by atoms with Crippen molar-refractivity contribution in [1.82, 2.24) is 24.7 Å². The lowest BCUT2D eigenvalue weighted by molar-refractivity contribution is 0.176. The van der Waals surface area contributed by atoms with Gasteiger partial charge in [-0.15, -0.1) is 0 Å². The Kier molecular flexibility index (Phi) is 5.37. The van der Waals surface area contributed by atoms with Crippen molar-refractivity contribution in [1.29, 1.82) is 0 Å². The van der Waals surface area contributed by atoms with Crippen LogP contribution in [-0.2, 0) is 16.6 Å². The van der Waals surface area contributed by atoms with E-state index in [1.165, 1.54) is 4.31 Å². The van der Waals surface area contributed by atoms with Gasteiger partial charge in [-0.3, -0.25) is 5.10 Å². The molecule has 1 fully saturated rings. The first-order valence-electron chi connectivity index (χ1n) is 7.38. The molecule has 1 saturated heterocycles. The van der Waals surface area contributed by atoms with Crippen molar-refractivity contribution in [2.45, 2.75) is 37.4 Å². The molecule has 2 heterocycles. The molecule has 0 atom stereocenters. The van der Waals surface area contributed by atoms with Gasteiger partial charge in [0.15, 0.2) is 5.03 Å². The SMILES string of the molecule is CCN1CCC(N(C)S(=O)(=O)c2[nH]ncc2CNC)CC1. The quantitative estimate of drug-likeness (QED) is 0.785. The number of rotatable bonds is 6. The highest BCUT2D eigenvalue weighted by Gasteiger charge is 2.32. The molecular weight excluding hydrogens is 290 g/mol. The van der Waals surface area contributed by atoms with Crippen LogP contribution in [0.4, 0.5) is 0 Å². The number of hydrogen-bond donors (Lipinski definition) is 2. The Balaban J connectivity index is 2.13. The van der Waals surface area contributed by atoms with Crippen LogP contribution in [0.1, 0.15) is 25.3 Å². The Labute approximate surface area is 126 Å². The second-order valence-electron chi connectivity index (χ2n) is 5.44. The summed E-state index contributed by atoms with van der Waals surface area (Å²) in [7, 11) is -0.0580. The maximum atomic E-state index is 12.8. The topological polar surface area (TPSA) is 81.3 Å². The Morgan fingerprint density at radius 2 is 2.14 bits per heavy atom. The number of piperidine rings is 1. The average Bonchev–Trinajstić information content (AvgIpc) is 2.96. The number of sulfonamides is 1. The first-order chi connectivity index (χ1) is 10.0. The fraction of sp³-hybridized carbons (Fsp3) is 0.769. The van der Waals surface area contributed by atoms with Gasteiger partial charge in [0.25, 0.3) is 10.0 Å². The van der Waals surface area contributed by atoms with Crippen LogP contribution in [0.3, 0.4) is 0 Å². The summed E-state index contributed by atoms with van der Waals surface area (Å²) in [6, 6.07) is 0.0588. The Hall–Kier alpha value is -0.960. The van der Waals surface area contributed by atoms with Crippen molar-refractivity contribution in [2.24, 2.45) is 0 Å². The Morgan fingerprint density at radius 3 is 2.71 bits per heavy atom. The van der Waals surface area contributed by atoms with Gasteiger partial charge in [0.1, 0.15) is 0 Å². The molecule has 8 heteroatoms. The zero-order valence-corrected chi connectivity index (χ0v) is 13.8. The standard InChI is InChI=1S/C13H25N5O2S/c1-4-18-7-5-12(6-8-18)17(3)21(19,20)13-11(9-14-2)10-15-16-13/h10,12,14H,4-9H2,1-3H3,(H,15,16). The molecule has 0 radical (unpaired) electrons. The molecule has 120 valence electrons. The molecule has 0 spiro atoms. The van der Waals surface area contributed by atoms with Gasteiger partial charge in [-0.25, -0.2) is 8.42 Å². The molecule has 2 N–H and O–H groups in total. The zero-order valence-electron chi connectivity index (χ0n) is 13.0. The molecule has 0 bridgehead atoms. The molecule has 1 aromatic rings. The monoisotopic (exact) mass is 315 g/mol. The van der Waals surface area contributed by atoms with Crippen LogP contribution in [0.2, 0.25) is 0 Å². The smallest absolute Gasteiger partial charge is 0.260 e. The first kappa shape index (κ1) is 16.4. The van der Waals surface area contributed by atoms with Crippen LogP contribution in [0.15, 0.2) is 11.2 Å². The van der Waals surface area contributed by atoms with Crippen molar-refractivity contribution in [3.8, 4) is 0 Å². The minimum absolute atomic E-state index is 0.0588. The van der Waals surface area contributed by atoms with Crippen LogP contribution in [0.5, 0.6) is 0 Å². The van der Waals surface area contributed by atoms with Crippen molar-refractivity contribution in [3.63, 3.8) is 0 Å². The van der Waals surface area contributed by atoms with E-state index < -0.39 is 10.0 Å². The average molecular weight is 315 g/mol. The largest absolute Gasteiger partial charge is 0.316 e. The molecule has 21 heavy (non-hydrogen) atoms. The third kappa shape index (κ3) is 3.45. The highest BCUT2D eigenvalue weighted by Crippen LogP contribution is 2.23. The normalized spacial score (nSPS) is 18.5. The predicted molar refractivity (Wildman–Crippen MR) is 81.4 cm³/mol. The fourth-order valence-corrected chi connectivity index (χ4v) is 4.29. The number of aromatic amines is 1. The number of nitrogens with zero attached hydrogens (tertiary/aromatic N) is 3. The van der Waals surface area contributed by atoms with Crippen molar-refractivity contribution < 1.29 is 8.42 Å². The molecule has 0 unspecified atom stereocenters. The molecule has 1 aromatic heterocycles. The molecular formula is C13H25N5O2S. The van der Waals surface area contributed by atoms with Crippen LogP contribution in [-0.4, -0.2) is 67.6 Å². The summed E-state index contributed by atoms with van der Waals surface area (Å²) in [5.74, 6) is 0. The third-order valence-electron chi connectivity index (χ3n) is 4.20. The number of nitrogens with one attached hydrogen (secondary N) is 2. The van der Waals surface area contributed by atoms with E-state index in [2.05, 4.69) is 27.3 Å². The highest BCUT2D eigenvalue weighted by molar-refractivity contribution is 7.89. The summed E-state index contributed by atoms with van der Waals surface area (Å²) < 4.78 is 27.0. The Bertz CT molecular complexity index is 549. The number of hydrogen-bond acceptors (Lipinski definition) is 5. The Morgan fingerprint density at radius 1 is 1.48 bits per heavy atom. The van der Waals surface area contributed by atoms with Gasteiger partial charge in [0, 0.05) is 25.2 Å². The van der Waals surface area contributed by atoms with Gasteiger partial charge in [0.2, 0.25) is 0 Å². The van der Waals surface area contributed by atoms with Gasteiger partial charge in [-0.05, 0) is 39.5 Å². The van der Waals surface area contributed by atoms with Gasteiger partial charge in [-0.2, -0.15) is 9.40 Å². The second kappa shape index (κ2) is 6.87. The van der Waals surface area contributed by atoms with E-state index in [-0.39, 0.29) is 11.1 Å². The number of H-pyrrole nitrogens is 1. The van der Waals surface area contributed by atoms with Gasteiger partial charge >= 0.3 is 0 Å². The lowest BCUT2D eigenvalue weighted by Gasteiger charge is -2.35. The zero-order chi connectivity index (χ0) is 15.5. The van der Waals surface area contributed by atoms with Crippen LogP contribution in [0, 0.1) is 0 Å². The molecule has 1 aliphatic heterocycles. The fourth-order valence-electron chi connectivity index (χ4n) is 2.78. The first-order valence-corrected chi connectivity index (χ1v) is 8.82. The molecule has 1 aliphatic rings. The van der Waals surface area contributed by atoms with Crippen LogP contribution >= 0.6 is 0 Å². The van der Waals surface area contributed by atoms with E-state index >= 15 is 0 Å². The van der Waals surface area contributed by atoms with E-state index in [1.54, 1.807) is 20.3 Å². The molecule has 2 rings (SSSR count). The highest BCUT2D eigenvalue weighted by atomic mass is 32.2. The third-order valence-corrected chi connectivity index (χ3v) is 6.13. The summed E-state index contributed by atoms with van der Waals surface area (Å²) >= 11 is 0. The summed E-state index contributed by atoms with van der Waals surface area (Å²) in [4.78, 5) is 2.35. The maximum Gasteiger partial charge on any atom is 0.260 e. The number of aromatic nitrogens is 2. The second-order valence-corrected chi connectivity index (χ2v) is 7.38. The summed E-state index contributed by atoms with van der Waals surface area (Å²) in [6.45, 7) is 5.54. The van der Waals surface area contributed by atoms with Crippen molar-refractivity contribution >= 4 is 10.0 Å². The van der Waals surface area contributed by atoms with Crippen LogP contribution < -0.4 is 5.32 Å². The van der Waals surface area contributed by atoms with E-state index in [4.69, 9.17) is 0 Å². The predicted octanol–water partition coefficient (Wildman–Crippen LogP) is 0.234. The van der Waals surface area contributed by atoms with E-state index in [1.807, 2.05) is 0 Å². The van der Waals surface area contributed by atoms with E-state index in [0.717, 1.165) is 32.5 Å². The molecule has 0 aromatic carbocycles. The maximum absolute atomic E-state index is 12.8. The molecule has 0 aliphatic carbocycles. The van der Waals surface area contributed by atoms with Crippen molar-refractivity contribution in [2.75, 3.05) is 33.7 Å². The minimum Gasteiger partial charge on any atom is -0.316 e.